The monoisotopic (exact) mass is 797 g/mol. The summed E-state index contributed by atoms with van der Waals surface area (Å²) in [6.45, 7) is 17.9. The Balaban J connectivity index is 1.25. The van der Waals surface area contributed by atoms with Crippen LogP contribution in [0.15, 0.2) is 170 Å². The van der Waals surface area contributed by atoms with Gasteiger partial charge in [-0.1, -0.05) is 102 Å². The van der Waals surface area contributed by atoms with Crippen LogP contribution in [0.5, 0.6) is 5.75 Å². The van der Waals surface area contributed by atoms with Crippen LogP contribution in [0, 0.1) is 13.8 Å². The number of anilines is 6. The molecule has 0 aliphatic heterocycles. The zero-order valence-corrected chi connectivity index (χ0v) is 36.9. The summed E-state index contributed by atoms with van der Waals surface area (Å²) in [7, 11) is 1.72. The van der Waals surface area contributed by atoms with Crippen molar-refractivity contribution in [2.45, 2.75) is 66.2 Å². The first-order chi connectivity index (χ1) is 29.2. The Morgan fingerprint density at radius 2 is 0.885 bits per heavy atom. The van der Waals surface area contributed by atoms with Gasteiger partial charge in [0.2, 0.25) is 0 Å². The van der Waals surface area contributed by atoms with Crippen LogP contribution >= 0.6 is 0 Å². The van der Waals surface area contributed by atoms with Gasteiger partial charge in [-0.05, 0) is 167 Å². The van der Waals surface area contributed by atoms with Crippen LogP contribution in [0.3, 0.4) is 0 Å². The lowest BCUT2D eigenvalue weighted by Gasteiger charge is -2.27. The van der Waals surface area contributed by atoms with E-state index in [9.17, 15) is 0 Å². The van der Waals surface area contributed by atoms with E-state index in [0.29, 0.717) is 0 Å². The fraction of sp³-hybridized carbons (Fsp3) is 0.193. The van der Waals surface area contributed by atoms with Gasteiger partial charge < -0.3 is 19.1 Å². The molecule has 0 unspecified atom stereocenters. The molecule has 0 atom stereocenters. The largest absolute Gasteiger partial charge is 0.497 e. The molecule has 0 bridgehead atoms. The molecular weight excluding hydrogens is 743 g/mol. The van der Waals surface area contributed by atoms with E-state index >= 15 is 0 Å². The van der Waals surface area contributed by atoms with E-state index in [-0.39, 0.29) is 10.8 Å². The molecule has 4 heteroatoms. The van der Waals surface area contributed by atoms with E-state index in [1.807, 2.05) is 0 Å². The summed E-state index contributed by atoms with van der Waals surface area (Å²) in [5, 5.41) is 4.78. The fourth-order valence-corrected chi connectivity index (χ4v) is 8.67. The standard InChI is InChI=1S/C57H55N3O/c1-38-12-10-14-47(32-38)58(44-22-17-42(18-23-44)56(3,4)5)49-21-16-40-35-53-52-31-28-50(37-55(52)60(54(53)36-41(40)34-49)46-26-29-51(61-9)30-27-46)59(48-15-11-13-39(2)33-48)45-24-19-43(20-25-45)57(6,7)8/h10-37H,1-9H3. The third kappa shape index (κ3) is 7.64. The summed E-state index contributed by atoms with van der Waals surface area (Å²) < 4.78 is 8.04. The van der Waals surface area contributed by atoms with Gasteiger partial charge in [0.25, 0.3) is 0 Å². The maximum absolute atomic E-state index is 5.62. The predicted molar refractivity (Wildman–Crippen MR) is 261 cm³/mol. The summed E-state index contributed by atoms with van der Waals surface area (Å²) in [6.07, 6.45) is 0. The van der Waals surface area contributed by atoms with Crippen LogP contribution in [0.2, 0.25) is 0 Å². The zero-order valence-electron chi connectivity index (χ0n) is 36.9. The van der Waals surface area contributed by atoms with Gasteiger partial charge in [0.1, 0.15) is 5.75 Å². The molecule has 304 valence electrons. The average Bonchev–Trinajstić information content (AvgIpc) is 3.55. The Hall–Kier alpha value is -6.78. The molecule has 61 heavy (non-hydrogen) atoms. The van der Waals surface area contributed by atoms with Crippen LogP contribution in [-0.4, -0.2) is 11.7 Å². The summed E-state index contributed by atoms with van der Waals surface area (Å²) in [6, 6.07) is 62.7. The second-order valence-electron chi connectivity index (χ2n) is 18.6. The van der Waals surface area contributed by atoms with E-state index < -0.39 is 0 Å². The first-order valence-electron chi connectivity index (χ1n) is 21.4. The topological polar surface area (TPSA) is 20.6 Å². The molecule has 4 nitrogen and oxygen atoms in total. The van der Waals surface area contributed by atoms with Crippen LogP contribution < -0.4 is 14.5 Å². The number of aromatic nitrogens is 1. The quantitative estimate of drug-likeness (QED) is 0.153. The molecule has 0 spiro atoms. The van der Waals surface area contributed by atoms with Crippen molar-refractivity contribution >= 4 is 66.7 Å². The van der Waals surface area contributed by atoms with Crippen molar-refractivity contribution in [3.63, 3.8) is 0 Å². The molecule has 0 N–H and O–H groups in total. The first-order valence-corrected chi connectivity index (χ1v) is 21.4. The Morgan fingerprint density at radius 1 is 0.410 bits per heavy atom. The van der Waals surface area contributed by atoms with Crippen molar-refractivity contribution in [3.05, 3.63) is 192 Å². The summed E-state index contributed by atoms with van der Waals surface area (Å²) >= 11 is 0. The van der Waals surface area contributed by atoms with E-state index in [0.717, 1.165) is 56.6 Å². The highest BCUT2D eigenvalue weighted by Crippen LogP contribution is 2.43. The van der Waals surface area contributed by atoms with E-state index in [2.05, 4.69) is 240 Å². The van der Waals surface area contributed by atoms with Crippen molar-refractivity contribution in [3.8, 4) is 11.4 Å². The molecule has 0 fully saturated rings. The van der Waals surface area contributed by atoms with Crippen LogP contribution in [0.25, 0.3) is 38.3 Å². The average molecular weight is 798 g/mol. The minimum absolute atomic E-state index is 0.0613. The Bertz CT molecular complexity index is 3030. The van der Waals surface area contributed by atoms with Gasteiger partial charge in [0.15, 0.2) is 0 Å². The van der Waals surface area contributed by atoms with Gasteiger partial charge in [-0.25, -0.2) is 0 Å². The Kier molecular flexibility index (Phi) is 9.99. The van der Waals surface area contributed by atoms with Gasteiger partial charge in [0.05, 0.1) is 18.1 Å². The number of fused-ring (bicyclic) bond motifs is 4. The number of hydrogen-bond donors (Lipinski definition) is 0. The van der Waals surface area contributed by atoms with E-state index in [4.69, 9.17) is 4.74 Å². The molecule has 0 radical (unpaired) electrons. The third-order valence-electron chi connectivity index (χ3n) is 12.0. The molecule has 1 aromatic heterocycles. The van der Waals surface area contributed by atoms with Crippen molar-refractivity contribution < 1.29 is 4.74 Å². The second-order valence-corrected chi connectivity index (χ2v) is 18.6. The molecule has 9 rings (SSSR count). The first kappa shape index (κ1) is 39.7. The number of aryl methyl sites for hydroxylation is 2. The third-order valence-corrected chi connectivity index (χ3v) is 12.0. The lowest BCUT2D eigenvalue weighted by atomic mass is 9.87. The molecule has 0 aliphatic rings. The number of ether oxygens (including phenoxy) is 1. The highest BCUT2D eigenvalue weighted by molar-refractivity contribution is 6.14. The number of benzene rings is 8. The van der Waals surface area contributed by atoms with Crippen LogP contribution in [0.1, 0.15) is 63.8 Å². The molecule has 0 saturated heterocycles. The lowest BCUT2D eigenvalue weighted by Crippen LogP contribution is -2.13. The molecule has 9 aromatic rings. The summed E-state index contributed by atoms with van der Waals surface area (Å²) in [5.41, 5.74) is 15.3. The molecule has 0 amide bonds. The van der Waals surface area contributed by atoms with Gasteiger partial charge in [-0.3, -0.25) is 0 Å². The normalized spacial score (nSPS) is 12.0. The molecular formula is C57H55N3O. The van der Waals surface area contributed by atoms with Crippen molar-refractivity contribution in [2.24, 2.45) is 0 Å². The van der Waals surface area contributed by atoms with Crippen molar-refractivity contribution in [2.75, 3.05) is 16.9 Å². The maximum atomic E-state index is 5.62. The van der Waals surface area contributed by atoms with Gasteiger partial charge in [-0.15, -0.1) is 0 Å². The van der Waals surface area contributed by atoms with Gasteiger partial charge in [-0.2, -0.15) is 0 Å². The minimum Gasteiger partial charge on any atom is -0.497 e. The van der Waals surface area contributed by atoms with Crippen LogP contribution in [-0.2, 0) is 10.8 Å². The van der Waals surface area contributed by atoms with Crippen molar-refractivity contribution in [1.82, 2.24) is 4.57 Å². The Morgan fingerprint density at radius 3 is 1.39 bits per heavy atom. The minimum atomic E-state index is 0.0613. The number of rotatable bonds is 8. The lowest BCUT2D eigenvalue weighted by molar-refractivity contribution is 0.415. The van der Waals surface area contributed by atoms with Gasteiger partial charge in [0, 0.05) is 50.6 Å². The molecule has 0 saturated carbocycles. The Labute approximate surface area is 361 Å². The highest BCUT2D eigenvalue weighted by Gasteiger charge is 2.21. The smallest absolute Gasteiger partial charge is 0.119 e. The SMILES string of the molecule is COc1ccc(-n2c3cc(N(c4ccc(C(C)(C)C)cc4)c4cccc(C)c4)ccc3c3cc4ccc(N(c5ccc(C(C)(C)C)cc5)c5cccc(C)c5)cc4cc32)cc1. The number of methoxy groups -OCH3 is 1. The van der Waals surface area contributed by atoms with E-state index in [1.54, 1.807) is 7.11 Å². The number of hydrogen-bond acceptors (Lipinski definition) is 3. The number of nitrogens with zero attached hydrogens (tertiary/aromatic N) is 3. The molecule has 1 heterocycles. The summed E-state index contributed by atoms with van der Waals surface area (Å²) in [5.74, 6) is 0.830. The maximum Gasteiger partial charge on any atom is 0.119 e. The second kappa shape index (κ2) is 15.4. The highest BCUT2D eigenvalue weighted by atomic mass is 16.5. The van der Waals surface area contributed by atoms with E-state index in [1.165, 1.54) is 43.8 Å². The van der Waals surface area contributed by atoms with Crippen molar-refractivity contribution in [1.29, 1.82) is 0 Å². The van der Waals surface area contributed by atoms with Crippen LogP contribution in [0.4, 0.5) is 34.1 Å². The molecule has 0 aliphatic carbocycles. The molecule has 8 aromatic carbocycles. The predicted octanol–water partition coefficient (Wildman–Crippen LogP) is 16.1. The summed E-state index contributed by atoms with van der Waals surface area (Å²) in [4.78, 5) is 4.76. The fourth-order valence-electron chi connectivity index (χ4n) is 8.67. The van der Waals surface area contributed by atoms with Gasteiger partial charge >= 0.3 is 0 Å². The zero-order chi connectivity index (χ0) is 42.6.